The molecule has 110 valence electrons. The molecular formula is C15H14Cl2N2O2. The van der Waals surface area contributed by atoms with E-state index in [1.165, 1.54) is 0 Å². The zero-order valence-corrected chi connectivity index (χ0v) is 13.1. The van der Waals surface area contributed by atoms with Crippen molar-refractivity contribution in [3.05, 3.63) is 52.0 Å². The van der Waals surface area contributed by atoms with Gasteiger partial charge < -0.3 is 9.47 Å². The maximum absolute atomic E-state index is 5.94. The van der Waals surface area contributed by atoms with E-state index in [2.05, 4.69) is 10.5 Å². The van der Waals surface area contributed by atoms with Crippen LogP contribution < -0.4 is 14.9 Å². The summed E-state index contributed by atoms with van der Waals surface area (Å²) in [5.41, 5.74) is 4.41. The molecule has 0 radical (unpaired) electrons. The molecule has 0 unspecified atom stereocenters. The third-order valence-corrected chi connectivity index (χ3v) is 3.49. The van der Waals surface area contributed by atoms with Crippen molar-refractivity contribution in [2.24, 2.45) is 5.10 Å². The van der Waals surface area contributed by atoms with Gasteiger partial charge in [-0.1, -0.05) is 23.2 Å². The monoisotopic (exact) mass is 324 g/mol. The van der Waals surface area contributed by atoms with E-state index in [0.29, 0.717) is 15.8 Å². The highest BCUT2D eigenvalue weighted by atomic mass is 35.5. The molecule has 0 aliphatic heterocycles. The molecule has 0 saturated heterocycles. The summed E-state index contributed by atoms with van der Waals surface area (Å²) in [5.74, 6) is 1.43. The van der Waals surface area contributed by atoms with E-state index >= 15 is 0 Å². The Morgan fingerprint density at radius 1 is 1.00 bits per heavy atom. The van der Waals surface area contributed by atoms with Crippen LogP contribution in [0.3, 0.4) is 0 Å². The number of rotatable bonds is 5. The molecule has 4 nitrogen and oxygen atoms in total. The zero-order chi connectivity index (χ0) is 15.2. The highest BCUT2D eigenvalue weighted by Crippen LogP contribution is 2.25. The van der Waals surface area contributed by atoms with Crippen LogP contribution in [-0.4, -0.2) is 20.4 Å². The van der Waals surface area contributed by atoms with Gasteiger partial charge in [0.15, 0.2) is 0 Å². The Morgan fingerprint density at radius 3 is 2.48 bits per heavy atom. The predicted molar refractivity (Wildman–Crippen MR) is 87.2 cm³/mol. The molecule has 6 heteroatoms. The summed E-state index contributed by atoms with van der Waals surface area (Å²) in [6, 6.07) is 10.7. The van der Waals surface area contributed by atoms with Gasteiger partial charge in [-0.05, 0) is 36.4 Å². The van der Waals surface area contributed by atoms with Crippen LogP contribution in [0.4, 0.5) is 5.69 Å². The fourth-order valence-electron chi connectivity index (χ4n) is 1.68. The van der Waals surface area contributed by atoms with Gasteiger partial charge in [0.05, 0.1) is 36.2 Å². The van der Waals surface area contributed by atoms with Gasteiger partial charge in [-0.15, -0.1) is 0 Å². The maximum atomic E-state index is 5.94. The Labute approximate surface area is 133 Å². The van der Waals surface area contributed by atoms with Crippen molar-refractivity contribution in [3.63, 3.8) is 0 Å². The Morgan fingerprint density at radius 2 is 1.81 bits per heavy atom. The summed E-state index contributed by atoms with van der Waals surface area (Å²) < 4.78 is 10.4. The smallest absolute Gasteiger partial charge is 0.127 e. The molecular weight excluding hydrogens is 311 g/mol. The summed E-state index contributed by atoms with van der Waals surface area (Å²) in [6.07, 6.45) is 1.64. The highest BCUT2D eigenvalue weighted by molar-refractivity contribution is 6.42. The largest absolute Gasteiger partial charge is 0.497 e. The van der Waals surface area contributed by atoms with Crippen molar-refractivity contribution in [2.45, 2.75) is 0 Å². The lowest BCUT2D eigenvalue weighted by Gasteiger charge is -2.07. The standard InChI is InChI=1S/C15H14Cl2N2O2/c1-20-12-4-6-15(21-2)10(7-12)9-18-19-11-3-5-13(16)14(17)8-11/h3-9,19H,1-2H3. The first-order chi connectivity index (χ1) is 10.1. The molecule has 21 heavy (non-hydrogen) atoms. The number of benzene rings is 2. The van der Waals surface area contributed by atoms with Gasteiger partial charge in [-0.3, -0.25) is 5.43 Å². The summed E-state index contributed by atoms with van der Waals surface area (Å²) >= 11 is 11.8. The molecule has 2 rings (SSSR count). The number of hydrogen-bond acceptors (Lipinski definition) is 4. The van der Waals surface area contributed by atoms with Crippen LogP contribution in [0, 0.1) is 0 Å². The first-order valence-electron chi connectivity index (χ1n) is 6.10. The molecule has 0 bridgehead atoms. The molecule has 0 heterocycles. The van der Waals surface area contributed by atoms with Crippen molar-refractivity contribution in [2.75, 3.05) is 19.6 Å². The lowest BCUT2D eigenvalue weighted by molar-refractivity contribution is 0.402. The van der Waals surface area contributed by atoms with Gasteiger partial charge in [-0.25, -0.2) is 0 Å². The second kappa shape index (κ2) is 7.20. The average molecular weight is 325 g/mol. The molecule has 0 aliphatic carbocycles. The van der Waals surface area contributed by atoms with Gasteiger partial charge in [0.1, 0.15) is 11.5 Å². The van der Waals surface area contributed by atoms with Crippen molar-refractivity contribution < 1.29 is 9.47 Å². The third kappa shape index (κ3) is 4.03. The van der Waals surface area contributed by atoms with Crippen LogP contribution in [0.5, 0.6) is 11.5 Å². The Bertz CT molecular complexity index is 660. The molecule has 0 saturated carbocycles. The first-order valence-corrected chi connectivity index (χ1v) is 6.86. The molecule has 2 aromatic carbocycles. The zero-order valence-electron chi connectivity index (χ0n) is 11.6. The van der Waals surface area contributed by atoms with Crippen molar-refractivity contribution >= 4 is 35.1 Å². The second-order valence-corrected chi connectivity index (χ2v) is 4.92. The lowest BCUT2D eigenvalue weighted by Crippen LogP contribution is -1.95. The quantitative estimate of drug-likeness (QED) is 0.652. The van der Waals surface area contributed by atoms with E-state index in [9.17, 15) is 0 Å². The molecule has 0 aromatic heterocycles. The number of halogens is 2. The van der Waals surface area contributed by atoms with E-state index in [1.54, 1.807) is 38.6 Å². The van der Waals surface area contributed by atoms with Crippen LogP contribution >= 0.6 is 23.2 Å². The Hall–Kier alpha value is -1.91. The van der Waals surface area contributed by atoms with Gasteiger partial charge in [0.25, 0.3) is 0 Å². The number of ether oxygens (including phenoxy) is 2. The Kier molecular flexibility index (Phi) is 5.31. The average Bonchev–Trinajstić information content (AvgIpc) is 2.50. The molecule has 0 fully saturated rings. The minimum Gasteiger partial charge on any atom is -0.497 e. The number of methoxy groups -OCH3 is 2. The first kappa shape index (κ1) is 15.5. The minimum atomic E-state index is 0.468. The van der Waals surface area contributed by atoms with Crippen molar-refractivity contribution in [1.29, 1.82) is 0 Å². The number of hydrazone groups is 1. The summed E-state index contributed by atoms with van der Waals surface area (Å²) in [4.78, 5) is 0. The third-order valence-electron chi connectivity index (χ3n) is 2.75. The number of hydrogen-bond donors (Lipinski definition) is 1. The van der Waals surface area contributed by atoms with Gasteiger partial charge in [-0.2, -0.15) is 5.10 Å². The van der Waals surface area contributed by atoms with Crippen LogP contribution in [0.1, 0.15) is 5.56 Å². The van der Waals surface area contributed by atoms with Gasteiger partial charge >= 0.3 is 0 Å². The van der Waals surface area contributed by atoms with Crippen LogP contribution in [0.15, 0.2) is 41.5 Å². The van der Waals surface area contributed by atoms with Crippen molar-refractivity contribution in [3.8, 4) is 11.5 Å². The van der Waals surface area contributed by atoms with Gasteiger partial charge in [0.2, 0.25) is 0 Å². The summed E-state index contributed by atoms with van der Waals surface area (Å²) in [6.45, 7) is 0. The molecule has 0 aliphatic rings. The summed E-state index contributed by atoms with van der Waals surface area (Å²) in [7, 11) is 3.21. The molecule has 0 spiro atoms. The fraction of sp³-hybridized carbons (Fsp3) is 0.133. The number of nitrogens with one attached hydrogen (secondary N) is 1. The lowest BCUT2D eigenvalue weighted by atomic mass is 10.2. The minimum absolute atomic E-state index is 0.468. The fourth-order valence-corrected chi connectivity index (χ4v) is 1.98. The highest BCUT2D eigenvalue weighted by Gasteiger charge is 2.03. The van der Waals surface area contributed by atoms with E-state index in [1.807, 2.05) is 18.2 Å². The Balaban J connectivity index is 2.15. The predicted octanol–water partition coefficient (Wildman–Crippen LogP) is 4.46. The molecule has 1 N–H and O–H groups in total. The molecule has 0 atom stereocenters. The van der Waals surface area contributed by atoms with E-state index in [-0.39, 0.29) is 0 Å². The van der Waals surface area contributed by atoms with E-state index < -0.39 is 0 Å². The van der Waals surface area contributed by atoms with Crippen LogP contribution in [-0.2, 0) is 0 Å². The van der Waals surface area contributed by atoms with Gasteiger partial charge in [0, 0.05) is 5.56 Å². The van der Waals surface area contributed by atoms with Crippen LogP contribution in [0.25, 0.3) is 0 Å². The topological polar surface area (TPSA) is 42.9 Å². The van der Waals surface area contributed by atoms with E-state index in [0.717, 1.165) is 17.0 Å². The summed E-state index contributed by atoms with van der Waals surface area (Å²) in [5, 5.41) is 5.12. The molecule has 0 amide bonds. The number of nitrogens with zero attached hydrogens (tertiary/aromatic N) is 1. The second-order valence-electron chi connectivity index (χ2n) is 4.11. The maximum Gasteiger partial charge on any atom is 0.127 e. The normalized spacial score (nSPS) is 10.7. The number of anilines is 1. The van der Waals surface area contributed by atoms with E-state index in [4.69, 9.17) is 32.7 Å². The van der Waals surface area contributed by atoms with Crippen molar-refractivity contribution in [1.82, 2.24) is 0 Å². The van der Waals surface area contributed by atoms with Crippen LogP contribution in [0.2, 0.25) is 10.0 Å². The molecule has 2 aromatic rings. The SMILES string of the molecule is COc1ccc(OC)c(C=NNc2ccc(Cl)c(Cl)c2)c1.